The fourth-order valence-electron chi connectivity index (χ4n) is 1.38. The van der Waals surface area contributed by atoms with Gasteiger partial charge in [0.05, 0.1) is 4.92 Å². The molecule has 17 heavy (non-hydrogen) atoms. The number of aryl methyl sites for hydroxylation is 1. The molecule has 9 nitrogen and oxygen atoms in total. The van der Waals surface area contributed by atoms with E-state index in [0.717, 1.165) is 0 Å². The Morgan fingerprint density at radius 2 is 2.29 bits per heavy atom. The molecule has 2 rings (SSSR count). The predicted molar refractivity (Wildman–Crippen MR) is 58.4 cm³/mol. The van der Waals surface area contributed by atoms with Crippen molar-refractivity contribution in [2.75, 3.05) is 5.43 Å². The molecule has 0 aliphatic heterocycles. The molecule has 9 heteroatoms. The Bertz CT molecular complexity index is 551. The first-order valence-corrected chi connectivity index (χ1v) is 4.63. The van der Waals surface area contributed by atoms with Crippen LogP contribution < -0.4 is 11.3 Å². The van der Waals surface area contributed by atoms with Crippen molar-refractivity contribution in [1.82, 2.24) is 19.7 Å². The smallest absolute Gasteiger partial charge is 0.292 e. The summed E-state index contributed by atoms with van der Waals surface area (Å²) in [6.45, 7) is 1.51. The molecule has 0 aromatic carbocycles. The van der Waals surface area contributed by atoms with Crippen LogP contribution >= 0.6 is 0 Å². The summed E-state index contributed by atoms with van der Waals surface area (Å²) in [4.78, 5) is 18.2. The number of hydrogen-bond acceptors (Lipinski definition) is 7. The molecular weight excluding hydrogens is 226 g/mol. The number of nitrogen functional groups attached to an aromatic ring is 1. The summed E-state index contributed by atoms with van der Waals surface area (Å²) >= 11 is 0. The first-order chi connectivity index (χ1) is 8.13. The third-order valence-electron chi connectivity index (χ3n) is 2.07. The van der Waals surface area contributed by atoms with Crippen LogP contribution in [-0.2, 0) is 0 Å². The van der Waals surface area contributed by atoms with Crippen LogP contribution in [0.25, 0.3) is 5.82 Å². The minimum atomic E-state index is -0.549. The van der Waals surface area contributed by atoms with Crippen molar-refractivity contribution in [2.24, 2.45) is 5.84 Å². The van der Waals surface area contributed by atoms with Gasteiger partial charge in [-0.3, -0.25) is 15.5 Å². The van der Waals surface area contributed by atoms with Crippen LogP contribution in [0.1, 0.15) is 5.69 Å². The SMILES string of the molecule is Cc1nc(NN)nc(-n2cccn2)c1[N+](=O)[O-]. The molecule has 0 radical (unpaired) electrons. The molecule has 2 heterocycles. The van der Waals surface area contributed by atoms with E-state index in [0.29, 0.717) is 0 Å². The highest BCUT2D eigenvalue weighted by Crippen LogP contribution is 2.24. The lowest BCUT2D eigenvalue weighted by Crippen LogP contribution is -2.15. The van der Waals surface area contributed by atoms with Gasteiger partial charge in [-0.1, -0.05) is 0 Å². The molecule has 3 N–H and O–H groups in total. The lowest BCUT2D eigenvalue weighted by atomic mass is 10.3. The topological polar surface area (TPSA) is 125 Å². The highest BCUT2D eigenvalue weighted by Gasteiger charge is 2.23. The van der Waals surface area contributed by atoms with Gasteiger partial charge in [0.1, 0.15) is 5.69 Å². The Hall–Kier alpha value is -2.55. The monoisotopic (exact) mass is 235 g/mol. The maximum absolute atomic E-state index is 11.0. The fourth-order valence-corrected chi connectivity index (χ4v) is 1.38. The van der Waals surface area contributed by atoms with Gasteiger partial charge in [-0.05, 0) is 13.0 Å². The molecule has 2 aromatic rings. The van der Waals surface area contributed by atoms with Crippen molar-refractivity contribution >= 4 is 11.6 Å². The van der Waals surface area contributed by atoms with Gasteiger partial charge in [0.15, 0.2) is 0 Å². The van der Waals surface area contributed by atoms with Gasteiger partial charge in [0, 0.05) is 12.4 Å². The lowest BCUT2D eigenvalue weighted by Gasteiger charge is -2.06. The third-order valence-corrected chi connectivity index (χ3v) is 2.07. The van der Waals surface area contributed by atoms with E-state index in [1.165, 1.54) is 17.8 Å². The summed E-state index contributed by atoms with van der Waals surface area (Å²) in [6, 6.07) is 1.64. The zero-order valence-corrected chi connectivity index (χ0v) is 8.86. The Labute approximate surface area is 95.4 Å². The van der Waals surface area contributed by atoms with Crippen molar-refractivity contribution in [3.63, 3.8) is 0 Å². The quantitative estimate of drug-likeness (QED) is 0.441. The van der Waals surface area contributed by atoms with Crippen molar-refractivity contribution in [1.29, 1.82) is 0 Å². The number of hydrazine groups is 1. The normalized spacial score (nSPS) is 10.2. The average Bonchev–Trinajstić information content (AvgIpc) is 2.80. The van der Waals surface area contributed by atoms with Crippen molar-refractivity contribution in [3.05, 3.63) is 34.3 Å². The molecule has 0 aliphatic rings. The number of anilines is 1. The number of nitro groups is 1. The van der Waals surface area contributed by atoms with Gasteiger partial charge < -0.3 is 0 Å². The molecule has 0 unspecified atom stereocenters. The van der Waals surface area contributed by atoms with Crippen molar-refractivity contribution in [3.8, 4) is 5.82 Å². The summed E-state index contributed by atoms with van der Waals surface area (Å²) < 4.78 is 1.29. The number of rotatable bonds is 3. The molecule has 0 fully saturated rings. The van der Waals surface area contributed by atoms with E-state index >= 15 is 0 Å². The van der Waals surface area contributed by atoms with E-state index in [1.807, 2.05) is 0 Å². The van der Waals surface area contributed by atoms with Crippen LogP contribution in [0.2, 0.25) is 0 Å². The second kappa shape index (κ2) is 4.14. The molecule has 88 valence electrons. The van der Waals surface area contributed by atoms with Gasteiger partial charge in [-0.2, -0.15) is 10.1 Å². The number of nitrogens with zero attached hydrogens (tertiary/aromatic N) is 5. The van der Waals surface area contributed by atoms with E-state index < -0.39 is 4.92 Å². The van der Waals surface area contributed by atoms with E-state index in [9.17, 15) is 10.1 Å². The summed E-state index contributed by atoms with van der Waals surface area (Å²) in [7, 11) is 0. The average molecular weight is 235 g/mol. The van der Waals surface area contributed by atoms with Gasteiger partial charge in [0.25, 0.3) is 0 Å². The fraction of sp³-hybridized carbons (Fsp3) is 0.125. The van der Waals surface area contributed by atoms with Crippen LogP contribution in [0.3, 0.4) is 0 Å². The highest BCUT2D eigenvalue weighted by atomic mass is 16.6. The molecule has 0 bridgehead atoms. The summed E-state index contributed by atoms with van der Waals surface area (Å²) in [5.41, 5.74) is 2.26. The van der Waals surface area contributed by atoms with Crippen LogP contribution in [-0.4, -0.2) is 24.7 Å². The van der Waals surface area contributed by atoms with Crippen molar-refractivity contribution < 1.29 is 4.92 Å². The third kappa shape index (κ3) is 1.90. The second-order valence-electron chi connectivity index (χ2n) is 3.16. The molecule has 0 spiro atoms. The Balaban J connectivity index is 2.70. The van der Waals surface area contributed by atoms with E-state index in [2.05, 4.69) is 20.5 Å². The van der Waals surface area contributed by atoms with Crippen LogP contribution in [0.4, 0.5) is 11.6 Å². The summed E-state index contributed by atoms with van der Waals surface area (Å²) in [6.07, 6.45) is 3.05. The second-order valence-corrected chi connectivity index (χ2v) is 3.16. The molecule has 0 saturated carbocycles. The molecule has 0 amide bonds. The first kappa shape index (κ1) is 11.0. The number of nitrogens with one attached hydrogen (secondary N) is 1. The number of nitrogens with two attached hydrogens (primary N) is 1. The Morgan fingerprint density at radius 3 is 2.82 bits per heavy atom. The van der Waals surface area contributed by atoms with E-state index in [-0.39, 0.29) is 23.1 Å². The molecular formula is C8H9N7O2. The van der Waals surface area contributed by atoms with Gasteiger partial charge in [0.2, 0.25) is 11.8 Å². The molecule has 0 saturated heterocycles. The molecule has 0 atom stereocenters. The summed E-state index contributed by atoms with van der Waals surface area (Å²) in [5.74, 6) is 5.36. The zero-order chi connectivity index (χ0) is 12.4. The maximum Gasteiger partial charge on any atom is 0.334 e. The van der Waals surface area contributed by atoms with Crippen LogP contribution in [0.5, 0.6) is 0 Å². The Morgan fingerprint density at radius 1 is 1.53 bits per heavy atom. The van der Waals surface area contributed by atoms with E-state index in [4.69, 9.17) is 5.84 Å². The minimum absolute atomic E-state index is 0.0699. The molecule has 2 aromatic heterocycles. The summed E-state index contributed by atoms with van der Waals surface area (Å²) in [5, 5.41) is 14.9. The Kier molecular flexibility index (Phi) is 2.66. The standard InChI is InChI=1S/C8H9N7O2/c1-5-6(15(16)17)7(12-8(11-5)13-9)14-4-2-3-10-14/h2-4H,9H2,1H3,(H,11,12,13). The maximum atomic E-state index is 11.0. The van der Waals surface area contributed by atoms with Gasteiger partial charge in [-0.25, -0.2) is 15.5 Å². The zero-order valence-electron chi connectivity index (χ0n) is 8.86. The minimum Gasteiger partial charge on any atom is -0.292 e. The number of hydrogen-bond donors (Lipinski definition) is 2. The predicted octanol–water partition coefficient (Wildman–Crippen LogP) is 0.165. The van der Waals surface area contributed by atoms with Gasteiger partial charge in [-0.15, -0.1) is 0 Å². The largest absolute Gasteiger partial charge is 0.334 e. The first-order valence-electron chi connectivity index (χ1n) is 4.63. The van der Waals surface area contributed by atoms with Crippen LogP contribution in [0.15, 0.2) is 18.5 Å². The van der Waals surface area contributed by atoms with Crippen LogP contribution in [0, 0.1) is 17.0 Å². The highest BCUT2D eigenvalue weighted by molar-refractivity contribution is 5.52. The number of aromatic nitrogens is 4. The molecule has 0 aliphatic carbocycles. The van der Waals surface area contributed by atoms with E-state index in [1.54, 1.807) is 12.3 Å². The van der Waals surface area contributed by atoms with Crippen molar-refractivity contribution in [2.45, 2.75) is 6.92 Å². The lowest BCUT2D eigenvalue weighted by molar-refractivity contribution is -0.385. The van der Waals surface area contributed by atoms with Gasteiger partial charge >= 0.3 is 5.69 Å².